The molecular formula is C15H24N2OS. The average Bonchev–Trinajstić information content (AvgIpc) is 2.40. The van der Waals surface area contributed by atoms with Crippen molar-refractivity contribution in [2.45, 2.75) is 43.9 Å². The fourth-order valence-corrected chi connectivity index (χ4v) is 2.85. The molecule has 0 heterocycles. The summed E-state index contributed by atoms with van der Waals surface area (Å²) in [5.74, 6) is 0.200. The quantitative estimate of drug-likeness (QED) is 0.815. The molecule has 1 rings (SSSR count). The molecule has 4 heteroatoms. The van der Waals surface area contributed by atoms with Crippen molar-refractivity contribution in [3.8, 4) is 0 Å². The molecule has 0 saturated carbocycles. The van der Waals surface area contributed by atoms with Gasteiger partial charge in [-0.05, 0) is 45.4 Å². The summed E-state index contributed by atoms with van der Waals surface area (Å²) in [4.78, 5) is 15.1. The fraction of sp³-hybridized carbons (Fsp3) is 0.533. The molecule has 0 bridgehead atoms. The van der Waals surface area contributed by atoms with Crippen molar-refractivity contribution in [3.05, 3.63) is 29.8 Å². The van der Waals surface area contributed by atoms with Gasteiger partial charge in [-0.3, -0.25) is 4.79 Å². The Balaban J connectivity index is 2.66. The highest BCUT2D eigenvalue weighted by atomic mass is 32.2. The predicted octanol–water partition coefficient (Wildman–Crippen LogP) is 3.06. The Morgan fingerprint density at radius 3 is 2.16 bits per heavy atom. The van der Waals surface area contributed by atoms with Gasteiger partial charge in [0.15, 0.2) is 0 Å². The van der Waals surface area contributed by atoms with E-state index in [4.69, 9.17) is 5.73 Å². The molecule has 2 N–H and O–H groups in total. The minimum atomic E-state index is -0.0546. The first-order valence-corrected chi connectivity index (χ1v) is 7.68. The summed E-state index contributed by atoms with van der Waals surface area (Å²) < 4.78 is 0. The van der Waals surface area contributed by atoms with Gasteiger partial charge in [0.25, 0.3) is 0 Å². The van der Waals surface area contributed by atoms with Gasteiger partial charge in [0.2, 0.25) is 5.91 Å². The largest absolute Gasteiger partial charge is 0.342 e. The fourth-order valence-electron chi connectivity index (χ4n) is 1.90. The van der Waals surface area contributed by atoms with Crippen molar-refractivity contribution >= 4 is 17.7 Å². The molecule has 0 aliphatic heterocycles. The van der Waals surface area contributed by atoms with Crippen LogP contribution in [0.2, 0.25) is 0 Å². The highest BCUT2D eigenvalue weighted by molar-refractivity contribution is 8.00. The molecule has 0 saturated heterocycles. The average molecular weight is 280 g/mol. The third-order valence-electron chi connectivity index (χ3n) is 3.14. The van der Waals surface area contributed by atoms with Crippen LogP contribution in [0.25, 0.3) is 0 Å². The van der Waals surface area contributed by atoms with Gasteiger partial charge in [-0.2, -0.15) is 0 Å². The lowest BCUT2D eigenvalue weighted by atomic mass is 10.1. The Labute approximate surface area is 120 Å². The van der Waals surface area contributed by atoms with Crippen LogP contribution in [0.4, 0.5) is 0 Å². The monoisotopic (exact) mass is 280 g/mol. The van der Waals surface area contributed by atoms with E-state index in [1.54, 1.807) is 11.8 Å². The lowest BCUT2D eigenvalue weighted by molar-refractivity contribution is -0.129. The lowest BCUT2D eigenvalue weighted by Crippen LogP contribution is -2.36. The molecule has 2 unspecified atom stereocenters. The summed E-state index contributed by atoms with van der Waals surface area (Å²) in [6.07, 6.45) is 0. The number of amides is 1. The second-order valence-electron chi connectivity index (χ2n) is 4.63. The standard InChI is InChI=1S/C15H24N2OS/c1-5-17(6-2)15(18)12(4)19-14-9-7-13(8-10-14)11(3)16/h7-12H,5-6,16H2,1-4H3. The molecule has 1 aromatic carbocycles. The van der Waals surface area contributed by atoms with Crippen molar-refractivity contribution in [2.75, 3.05) is 13.1 Å². The predicted molar refractivity (Wildman–Crippen MR) is 82.3 cm³/mol. The Hall–Kier alpha value is -1.00. The van der Waals surface area contributed by atoms with E-state index in [1.165, 1.54) is 0 Å². The molecule has 0 spiro atoms. The Kier molecular flexibility index (Phi) is 6.38. The maximum Gasteiger partial charge on any atom is 0.235 e. The van der Waals surface area contributed by atoms with Gasteiger partial charge in [0.1, 0.15) is 0 Å². The lowest BCUT2D eigenvalue weighted by Gasteiger charge is -2.22. The number of carbonyl (C=O) groups is 1. The van der Waals surface area contributed by atoms with Gasteiger partial charge in [0, 0.05) is 24.0 Å². The van der Waals surface area contributed by atoms with Crippen LogP contribution in [-0.2, 0) is 4.79 Å². The molecule has 2 atom stereocenters. The molecule has 106 valence electrons. The second kappa shape index (κ2) is 7.56. The summed E-state index contributed by atoms with van der Waals surface area (Å²) >= 11 is 1.60. The van der Waals surface area contributed by atoms with E-state index < -0.39 is 0 Å². The minimum absolute atomic E-state index is 0.0498. The van der Waals surface area contributed by atoms with E-state index in [-0.39, 0.29) is 17.2 Å². The number of hydrogen-bond donors (Lipinski definition) is 1. The van der Waals surface area contributed by atoms with Crippen LogP contribution in [0.5, 0.6) is 0 Å². The third kappa shape index (κ3) is 4.55. The smallest absolute Gasteiger partial charge is 0.235 e. The van der Waals surface area contributed by atoms with Crippen molar-refractivity contribution in [1.29, 1.82) is 0 Å². The number of nitrogens with two attached hydrogens (primary N) is 1. The molecule has 1 aromatic rings. The molecule has 19 heavy (non-hydrogen) atoms. The van der Waals surface area contributed by atoms with Crippen LogP contribution in [-0.4, -0.2) is 29.1 Å². The van der Waals surface area contributed by atoms with E-state index in [0.29, 0.717) is 0 Å². The van der Waals surface area contributed by atoms with Gasteiger partial charge < -0.3 is 10.6 Å². The molecule has 0 radical (unpaired) electrons. The van der Waals surface area contributed by atoms with E-state index in [0.717, 1.165) is 23.5 Å². The number of hydrogen-bond acceptors (Lipinski definition) is 3. The van der Waals surface area contributed by atoms with Crippen LogP contribution in [0, 0.1) is 0 Å². The van der Waals surface area contributed by atoms with Gasteiger partial charge >= 0.3 is 0 Å². The number of nitrogens with zero attached hydrogens (tertiary/aromatic N) is 1. The van der Waals surface area contributed by atoms with E-state index >= 15 is 0 Å². The first-order chi connectivity index (χ1) is 8.99. The molecular weight excluding hydrogens is 256 g/mol. The van der Waals surface area contributed by atoms with Crippen molar-refractivity contribution in [3.63, 3.8) is 0 Å². The first-order valence-electron chi connectivity index (χ1n) is 6.80. The SMILES string of the molecule is CCN(CC)C(=O)C(C)Sc1ccc(C(C)N)cc1. The summed E-state index contributed by atoms with van der Waals surface area (Å²) in [5.41, 5.74) is 6.94. The van der Waals surface area contributed by atoms with Crippen molar-refractivity contribution < 1.29 is 4.79 Å². The van der Waals surface area contributed by atoms with Gasteiger partial charge in [0.05, 0.1) is 5.25 Å². The highest BCUT2D eigenvalue weighted by Gasteiger charge is 2.19. The van der Waals surface area contributed by atoms with E-state index in [9.17, 15) is 4.79 Å². The van der Waals surface area contributed by atoms with E-state index in [2.05, 4.69) is 0 Å². The number of carbonyl (C=O) groups excluding carboxylic acids is 1. The zero-order valence-corrected chi connectivity index (χ0v) is 13.0. The van der Waals surface area contributed by atoms with E-state index in [1.807, 2.05) is 56.9 Å². The van der Waals surface area contributed by atoms with Crippen LogP contribution >= 0.6 is 11.8 Å². The zero-order valence-electron chi connectivity index (χ0n) is 12.2. The maximum atomic E-state index is 12.2. The number of thioether (sulfide) groups is 1. The van der Waals surface area contributed by atoms with Crippen LogP contribution in [0.15, 0.2) is 29.2 Å². The summed E-state index contributed by atoms with van der Waals surface area (Å²) in [7, 11) is 0. The van der Waals surface area contributed by atoms with Gasteiger partial charge in [-0.25, -0.2) is 0 Å². The molecule has 1 amide bonds. The molecule has 0 aromatic heterocycles. The van der Waals surface area contributed by atoms with Crippen LogP contribution in [0.3, 0.4) is 0 Å². The molecule has 0 aliphatic carbocycles. The van der Waals surface area contributed by atoms with Crippen molar-refractivity contribution in [2.24, 2.45) is 5.73 Å². The zero-order chi connectivity index (χ0) is 14.4. The Bertz CT molecular complexity index is 399. The maximum absolute atomic E-state index is 12.2. The summed E-state index contributed by atoms with van der Waals surface area (Å²) in [5, 5.41) is -0.0546. The Morgan fingerprint density at radius 2 is 1.74 bits per heavy atom. The first kappa shape index (κ1) is 16.1. The van der Waals surface area contributed by atoms with Gasteiger partial charge in [-0.1, -0.05) is 12.1 Å². The molecule has 0 aliphatic rings. The van der Waals surface area contributed by atoms with Crippen LogP contribution in [0.1, 0.15) is 39.3 Å². The topological polar surface area (TPSA) is 46.3 Å². The highest BCUT2D eigenvalue weighted by Crippen LogP contribution is 2.25. The summed E-state index contributed by atoms with van der Waals surface area (Å²) in [6, 6.07) is 8.18. The summed E-state index contributed by atoms with van der Waals surface area (Å²) in [6.45, 7) is 9.49. The number of rotatable bonds is 6. The van der Waals surface area contributed by atoms with Gasteiger partial charge in [-0.15, -0.1) is 11.8 Å². The van der Waals surface area contributed by atoms with Crippen molar-refractivity contribution in [1.82, 2.24) is 4.90 Å². The second-order valence-corrected chi connectivity index (χ2v) is 6.04. The number of benzene rings is 1. The minimum Gasteiger partial charge on any atom is -0.342 e. The normalized spacial score (nSPS) is 13.9. The molecule has 0 fully saturated rings. The molecule has 3 nitrogen and oxygen atoms in total. The van der Waals surface area contributed by atoms with Crippen LogP contribution < -0.4 is 5.73 Å². The Morgan fingerprint density at radius 1 is 1.21 bits per heavy atom. The third-order valence-corrected chi connectivity index (χ3v) is 4.24.